The molecule has 0 aromatic heterocycles. The Kier molecular flexibility index (Phi) is 7.46. The summed E-state index contributed by atoms with van der Waals surface area (Å²) in [5, 5.41) is 49.6. The highest BCUT2D eigenvalue weighted by atomic mass is 35.5. The summed E-state index contributed by atoms with van der Waals surface area (Å²) in [4.78, 5) is 30.1. The second kappa shape index (κ2) is 10.1. The maximum Gasteiger partial charge on any atom is 0.320 e. The van der Waals surface area contributed by atoms with Crippen LogP contribution in [-0.4, -0.2) is 80.7 Å². The quantitative estimate of drug-likeness (QED) is 0.242. The number of hydroxylamine groups is 2. The summed E-state index contributed by atoms with van der Waals surface area (Å²) >= 11 is 6.95. The topological polar surface area (TPSA) is 149 Å². The normalized spacial score (nSPS) is 43.7. The van der Waals surface area contributed by atoms with Crippen LogP contribution in [0.2, 0.25) is 0 Å². The van der Waals surface area contributed by atoms with Gasteiger partial charge in [-0.25, -0.2) is 0 Å². The second-order valence-corrected chi connectivity index (χ2v) is 13.1. The summed E-state index contributed by atoms with van der Waals surface area (Å²) in [6, 6.07) is -1.03. The number of aliphatic hydroxyl groups is 3. The Morgan fingerprint density at radius 1 is 1.32 bits per heavy atom. The first-order valence-corrected chi connectivity index (χ1v) is 14.5. The van der Waals surface area contributed by atoms with Crippen molar-refractivity contribution in [2.24, 2.45) is 29.1 Å². The Bertz CT molecular complexity index is 1190. The summed E-state index contributed by atoms with van der Waals surface area (Å²) in [5.41, 5.74) is -2.03. The minimum absolute atomic E-state index is 0.110. The van der Waals surface area contributed by atoms with Gasteiger partial charge in [-0.2, -0.15) is 0 Å². The molecule has 0 amide bonds. The van der Waals surface area contributed by atoms with E-state index in [0.717, 1.165) is 18.4 Å². The molecule has 5 rings (SSSR count). The number of carbonyl (C=O) groups excluding carboxylic acids is 1. The number of rotatable bonds is 5. The molecule has 2 saturated heterocycles. The van der Waals surface area contributed by atoms with Crippen molar-refractivity contribution >= 4 is 23.5 Å². The number of halogens is 1. The highest BCUT2D eigenvalue weighted by molar-refractivity contribution is 6.30. The monoisotopic (exact) mass is 580 g/mol. The standard InChI is InChI=1S/C29H41ClN2O8/c1-14-9-18-7-6-8-27(4,15(2)13-33)29(18,38)22(24(14)39-16(3)34)17-10-19-23(20(30)11-17)32(5)40-26-28(19,37)12-21(31-26)25(35)36/h9-10,15,17-18,21-22,24,26,31,33,37-38H,6-8,11-13H2,1-5H3,(H,35,36)/t15?,17-,18-,21-,22-,24?,26+,27?,28+,29+/m0/s1. The molecule has 1 saturated carbocycles. The molecule has 5 aliphatic rings. The molecule has 10 atom stereocenters. The van der Waals surface area contributed by atoms with Crippen LogP contribution < -0.4 is 5.32 Å². The molecular weight excluding hydrogens is 540 g/mol. The van der Waals surface area contributed by atoms with Gasteiger partial charge in [0.05, 0.1) is 11.3 Å². The van der Waals surface area contributed by atoms with Gasteiger partial charge in [0.1, 0.15) is 17.7 Å². The third kappa shape index (κ3) is 4.17. The van der Waals surface area contributed by atoms with Gasteiger partial charge in [-0.1, -0.05) is 44.0 Å². The Balaban J connectivity index is 1.68. The summed E-state index contributed by atoms with van der Waals surface area (Å²) in [7, 11) is 1.65. The fraction of sp³-hybridized carbons (Fsp3) is 0.724. The van der Waals surface area contributed by atoms with Crippen LogP contribution in [0.25, 0.3) is 0 Å². The van der Waals surface area contributed by atoms with Crippen molar-refractivity contribution in [1.82, 2.24) is 10.4 Å². The van der Waals surface area contributed by atoms with E-state index in [2.05, 4.69) is 5.32 Å². The van der Waals surface area contributed by atoms with E-state index in [9.17, 15) is 30.0 Å². The first-order valence-electron chi connectivity index (χ1n) is 14.1. The predicted octanol–water partition coefficient (Wildman–Crippen LogP) is 2.44. The molecule has 3 fully saturated rings. The minimum atomic E-state index is -1.68. The van der Waals surface area contributed by atoms with E-state index < -0.39 is 58.8 Å². The lowest BCUT2D eigenvalue weighted by Gasteiger charge is -2.62. The van der Waals surface area contributed by atoms with Crippen molar-refractivity contribution in [3.8, 4) is 0 Å². The van der Waals surface area contributed by atoms with Gasteiger partial charge in [0.2, 0.25) is 0 Å². The van der Waals surface area contributed by atoms with Crippen molar-refractivity contribution in [1.29, 1.82) is 0 Å². The lowest BCUT2D eigenvalue weighted by atomic mass is 9.46. The SMILES string of the molecule is CC(=O)OC1C(C)=C[C@@H]2CCCC(C)(C(C)CO)[C@]2(O)[C@H]1[C@H]1C=C2C(=C(Cl)C1)N(C)O[C@H]1N[C@H](C(=O)O)C[C@@]21O. The van der Waals surface area contributed by atoms with Gasteiger partial charge in [0, 0.05) is 54.9 Å². The van der Waals surface area contributed by atoms with Gasteiger partial charge >= 0.3 is 11.9 Å². The molecule has 3 unspecified atom stereocenters. The fourth-order valence-corrected chi connectivity index (χ4v) is 8.69. The van der Waals surface area contributed by atoms with E-state index in [0.29, 0.717) is 29.1 Å². The van der Waals surface area contributed by atoms with Crippen molar-refractivity contribution in [2.45, 2.75) is 89.4 Å². The smallest absolute Gasteiger partial charge is 0.320 e. The largest absolute Gasteiger partial charge is 0.480 e. The highest BCUT2D eigenvalue weighted by Gasteiger charge is 2.66. The van der Waals surface area contributed by atoms with Crippen LogP contribution in [0.3, 0.4) is 0 Å². The van der Waals surface area contributed by atoms with Crippen LogP contribution in [-0.2, 0) is 19.2 Å². The highest BCUT2D eigenvalue weighted by Crippen LogP contribution is 2.62. The Labute approximate surface area is 239 Å². The maximum absolute atomic E-state index is 13.0. The number of allylic oxidation sites excluding steroid dienone is 2. The van der Waals surface area contributed by atoms with Crippen LogP contribution in [0.1, 0.15) is 59.8 Å². The van der Waals surface area contributed by atoms with Crippen LogP contribution >= 0.6 is 11.6 Å². The second-order valence-electron chi connectivity index (χ2n) is 12.7. The van der Waals surface area contributed by atoms with E-state index in [1.165, 1.54) is 12.0 Å². The van der Waals surface area contributed by atoms with Crippen molar-refractivity contribution in [3.05, 3.63) is 34.0 Å². The van der Waals surface area contributed by atoms with E-state index >= 15 is 0 Å². The van der Waals surface area contributed by atoms with Crippen LogP contribution in [0.5, 0.6) is 0 Å². The lowest BCUT2D eigenvalue weighted by Crippen LogP contribution is -2.67. The van der Waals surface area contributed by atoms with Gasteiger partial charge in [-0.3, -0.25) is 24.8 Å². The Morgan fingerprint density at radius 2 is 2.02 bits per heavy atom. The zero-order valence-corrected chi connectivity index (χ0v) is 24.4. The number of carboxylic acid groups (broad SMARTS) is 1. The first-order chi connectivity index (χ1) is 18.7. The number of aliphatic hydroxyl groups excluding tert-OH is 1. The number of fused-ring (bicyclic) bond motifs is 4. The molecule has 5 N–H and O–H groups in total. The number of carbonyl (C=O) groups is 2. The Hall–Kier alpha value is -1.95. The molecule has 0 aromatic carbocycles. The molecule has 40 heavy (non-hydrogen) atoms. The van der Waals surface area contributed by atoms with Crippen LogP contribution in [0, 0.1) is 29.1 Å². The predicted molar refractivity (Wildman–Crippen MR) is 145 cm³/mol. The average molecular weight is 581 g/mol. The molecule has 11 heteroatoms. The zero-order chi connectivity index (χ0) is 29.4. The summed E-state index contributed by atoms with van der Waals surface area (Å²) in [5.74, 6) is -3.18. The fourth-order valence-electron chi connectivity index (χ4n) is 8.29. The van der Waals surface area contributed by atoms with E-state index in [1.807, 2.05) is 32.9 Å². The van der Waals surface area contributed by atoms with Gasteiger partial charge in [-0.15, -0.1) is 0 Å². The summed E-state index contributed by atoms with van der Waals surface area (Å²) < 4.78 is 5.94. The van der Waals surface area contributed by atoms with E-state index in [-0.39, 0.29) is 24.9 Å². The molecule has 10 nitrogen and oxygen atoms in total. The van der Waals surface area contributed by atoms with Crippen LogP contribution in [0.4, 0.5) is 0 Å². The number of hydrogen-bond donors (Lipinski definition) is 5. The Morgan fingerprint density at radius 3 is 2.65 bits per heavy atom. The van der Waals surface area contributed by atoms with Crippen LogP contribution in [0.15, 0.2) is 34.0 Å². The number of ether oxygens (including phenoxy) is 1. The molecule has 2 aliphatic heterocycles. The number of carboxylic acids is 1. The number of esters is 1. The van der Waals surface area contributed by atoms with Crippen molar-refractivity contribution in [3.63, 3.8) is 0 Å². The van der Waals surface area contributed by atoms with Gasteiger partial charge in [-0.05, 0) is 43.6 Å². The zero-order valence-electron chi connectivity index (χ0n) is 23.7. The van der Waals surface area contributed by atoms with Crippen molar-refractivity contribution in [2.75, 3.05) is 13.7 Å². The first kappa shape index (κ1) is 29.5. The van der Waals surface area contributed by atoms with Crippen molar-refractivity contribution < 1.29 is 39.6 Å². The molecule has 0 aromatic rings. The third-order valence-electron chi connectivity index (χ3n) is 10.5. The molecule has 0 spiro atoms. The molecule has 222 valence electrons. The van der Waals surface area contributed by atoms with Gasteiger partial charge < -0.3 is 25.2 Å². The average Bonchev–Trinajstić information content (AvgIpc) is 3.23. The molecule has 0 bridgehead atoms. The van der Waals surface area contributed by atoms with Gasteiger partial charge in [0.15, 0.2) is 6.23 Å². The number of aliphatic carboxylic acids is 1. The number of nitrogens with zero attached hydrogens (tertiary/aromatic N) is 1. The molecule has 3 aliphatic carbocycles. The van der Waals surface area contributed by atoms with E-state index in [1.54, 1.807) is 7.05 Å². The molecule has 0 radical (unpaired) electrons. The number of nitrogens with one attached hydrogen (secondary N) is 1. The summed E-state index contributed by atoms with van der Waals surface area (Å²) in [6.07, 6.45) is 4.60. The molecular formula is C29H41ClN2O8. The van der Waals surface area contributed by atoms with E-state index in [4.69, 9.17) is 21.2 Å². The third-order valence-corrected chi connectivity index (χ3v) is 10.8. The lowest BCUT2D eigenvalue weighted by molar-refractivity contribution is -0.234. The number of likely N-dealkylation sites (N-methyl/N-ethyl adjacent to an activating group) is 1. The summed E-state index contributed by atoms with van der Waals surface area (Å²) in [6.45, 7) is 7.09. The molecule has 2 heterocycles. The minimum Gasteiger partial charge on any atom is -0.480 e. The number of hydrogen-bond acceptors (Lipinski definition) is 9. The maximum atomic E-state index is 13.0. The van der Waals surface area contributed by atoms with Gasteiger partial charge in [0.25, 0.3) is 0 Å².